The number of nitriles is 1. The van der Waals surface area contributed by atoms with Crippen molar-refractivity contribution in [2.24, 2.45) is 5.41 Å². The van der Waals surface area contributed by atoms with E-state index < -0.39 is 16.8 Å². The molecule has 0 radical (unpaired) electrons. The molecule has 0 aliphatic heterocycles. The molecule has 0 aliphatic rings. The molecule has 32 heavy (non-hydrogen) atoms. The van der Waals surface area contributed by atoms with Crippen molar-refractivity contribution in [1.29, 1.82) is 5.26 Å². The molecule has 2 atom stereocenters. The number of carboxylic acids is 1. The van der Waals surface area contributed by atoms with Crippen LogP contribution in [0.1, 0.15) is 18.1 Å². The number of ether oxygens (including phenoxy) is 3. The lowest BCUT2D eigenvalue weighted by atomic mass is 9.57. The minimum absolute atomic E-state index is 0.171. The predicted molar refractivity (Wildman–Crippen MR) is 122 cm³/mol. The van der Waals surface area contributed by atoms with Gasteiger partial charge in [-0.15, -0.1) is 0 Å². The van der Waals surface area contributed by atoms with Crippen molar-refractivity contribution in [3.8, 4) is 11.8 Å². The van der Waals surface area contributed by atoms with Crippen LogP contribution in [0.2, 0.25) is 0 Å². The summed E-state index contributed by atoms with van der Waals surface area (Å²) in [6, 6.07) is 22.8. The Kier molecular flexibility index (Phi) is 7.14. The van der Waals surface area contributed by atoms with E-state index in [0.717, 1.165) is 10.8 Å². The SMILES string of the molecule is COCCOC[C@](C#N)(C(=O)O)[C@](C)(c1ccccc1OC)c1cccc2ccccc12. The fraction of sp³-hybridized carbons (Fsp3) is 0.308. The topological polar surface area (TPSA) is 88.8 Å². The van der Waals surface area contributed by atoms with Gasteiger partial charge in [0.2, 0.25) is 0 Å². The van der Waals surface area contributed by atoms with Crippen molar-refractivity contribution in [1.82, 2.24) is 0 Å². The monoisotopic (exact) mass is 433 g/mol. The highest BCUT2D eigenvalue weighted by atomic mass is 16.5. The number of nitrogens with zero attached hydrogens (tertiary/aromatic N) is 1. The first kappa shape index (κ1) is 23.3. The first-order valence-corrected chi connectivity index (χ1v) is 10.3. The lowest BCUT2D eigenvalue weighted by molar-refractivity contribution is -0.152. The van der Waals surface area contributed by atoms with Gasteiger partial charge in [0.05, 0.1) is 38.4 Å². The van der Waals surface area contributed by atoms with E-state index in [0.29, 0.717) is 23.5 Å². The maximum absolute atomic E-state index is 12.9. The molecule has 0 saturated carbocycles. The second-order valence-corrected chi connectivity index (χ2v) is 7.72. The van der Waals surface area contributed by atoms with E-state index in [1.807, 2.05) is 60.7 Å². The van der Waals surface area contributed by atoms with Crippen molar-refractivity contribution < 1.29 is 24.1 Å². The van der Waals surface area contributed by atoms with Gasteiger partial charge in [-0.2, -0.15) is 5.26 Å². The minimum atomic E-state index is -1.94. The van der Waals surface area contributed by atoms with Crippen molar-refractivity contribution in [2.45, 2.75) is 12.3 Å². The number of benzene rings is 3. The van der Waals surface area contributed by atoms with E-state index in [1.54, 1.807) is 13.0 Å². The van der Waals surface area contributed by atoms with Crippen LogP contribution < -0.4 is 4.74 Å². The quantitative estimate of drug-likeness (QED) is 0.477. The summed E-state index contributed by atoms with van der Waals surface area (Å²) in [7, 11) is 3.07. The van der Waals surface area contributed by atoms with Crippen LogP contribution in [0, 0.1) is 16.7 Å². The zero-order valence-corrected chi connectivity index (χ0v) is 18.5. The van der Waals surface area contributed by atoms with Crippen molar-refractivity contribution in [2.75, 3.05) is 34.0 Å². The fourth-order valence-electron chi connectivity index (χ4n) is 4.30. The Balaban J connectivity index is 2.38. The van der Waals surface area contributed by atoms with E-state index in [9.17, 15) is 15.2 Å². The molecular weight excluding hydrogens is 406 g/mol. The van der Waals surface area contributed by atoms with Crippen LogP contribution >= 0.6 is 0 Å². The lowest BCUT2D eigenvalue weighted by Crippen LogP contribution is -2.52. The first-order valence-electron chi connectivity index (χ1n) is 10.3. The Morgan fingerprint density at radius 2 is 1.62 bits per heavy atom. The molecule has 0 aromatic heterocycles. The number of aliphatic carboxylic acids is 1. The number of carboxylic acid groups (broad SMARTS) is 1. The summed E-state index contributed by atoms with van der Waals surface area (Å²) in [5, 5.41) is 22.7. The number of fused-ring (bicyclic) bond motifs is 1. The first-order chi connectivity index (χ1) is 15.5. The zero-order chi connectivity index (χ0) is 23.2. The molecule has 6 heteroatoms. The summed E-state index contributed by atoms with van der Waals surface area (Å²) in [5.74, 6) is -0.764. The number of methoxy groups -OCH3 is 2. The van der Waals surface area contributed by atoms with Gasteiger partial charge in [0.1, 0.15) is 5.75 Å². The molecule has 3 rings (SSSR count). The maximum Gasteiger partial charge on any atom is 0.327 e. The van der Waals surface area contributed by atoms with Gasteiger partial charge in [-0.1, -0.05) is 60.7 Å². The molecule has 0 amide bonds. The molecule has 6 nitrogen and oxygen atoms in total. The molecule has 3 aromatic rings. The summed E-state index contributed by atoms with van der Waals surface area (Å²) < 4.78 is 16.3. The van der Waals surface area contributed by atoms with Crippen LogP contribution in [0.15, 0.2) is 66.7 Å². The second kappa shape index (κ2) is 9.82. The second-order valence-electron chi connectivity index (χ2n) is 7.72. The Morgan fingerprint density at radius 3 is 2.31 bits per heavy atom. The van der Waals surface area contributed by atoms with Crippen LogP contribution in [0.25, 0.3) is 10.8 Å². The van der Waals surface area contributed by atoms with Gasteiger partial charge in [0, 0.05) is 12.7 Å². The highest BCUT2D eigenvalue weighted by Gasteiger charge is 2.58. The normalized spacial score (nSPS) is 14.8. The largest absolute Gasteiger partial charge is 0.496 e. The Labute approximate surface area is 188 Å². The highest BCUT2D eigenvalue weighted by Crippen LogP contribution is 2.52. The van der Waals surface area contributed by atoms with Crippen molar-refractivity contribution in [3.63, 3.8) is 0 Å². The van der Waals surface area contributed by atoms with Gasteiger partial charge in [0.25, 0.3) is 0 Å². The number of para-hydroxylation sites is 1. The predicted octanol–water partition coefficient (Wildman–Crippen LogP) is 4.41. The van der Waals surface area contributed by atoms with Gasteiger partial charge < -0.3 is 19.3 Å². The molecule has 0 fully saturated rings. The minimum Gasteiger partial charge on any atom is -0.496 e. The van der Waals surface area contributed by atoms with E-state index in [-0.39, 0.29) is 13.2 Å². The van der Waals surface area contributed by atoms with Gasteiger partial charge in [-0.05, 0) is 29.3 Å². The van der Waals surface area contributed by atoms with Crippen LogP contribution in [0.4, 0.5) is 0 Å². The van der Waals surface area contributed by atoms with Gasteiger partial charge in [0.15, 0.2) is 5.41 Å². The standard InChI is InChI=1S/C26H27NO5/c1-25(22-12-6-7-14-23(22)31-3,21-13-8-10-19-9-4-5-11-20(19)21)26(17-27,24(28)29)18-32-16-15-30-2/h4-14H,15-16,18H2,1-3H3,(H,28,29)/t25-,26+/m0/s1. The molecule has 0 aliphatic carbocycles. The maximum atomic E-state index is 12.9. The summed E-state index contributed by atoms with van der Waals surface area (Å²) in [6.07, 6.45) is 0. The van der Waals surface area contributed by atoms with E-state index >= 15 is 0 Å². The van der Waals surface area contributed by atoms with Crippen LogP contribution in [0.5, 0.6) is 5.75 Å². The lowest BCUT2D eigenvalue weighted by Gasteiger charge is -2.43. The highest BCUT2D eigenvalue weighted by molar-refractivity contribution is 5.91. The molecule has 0 bridgehead atoms. The van der Waals surface area contributed by atoms with Gasteiger partial charge in [-0.3, -0.25) is 4.79 Å². The third-order valence-corrected chi connectivity index (χ3v) is 6.13. The molecule has 0 saturated heterocycles. The molecule has 1 N–H and O–H groups in total. The van der Waals surface area contributed by atoms with Crippen molar-refractivity contribution >= 4 is 16.7 Å². The summed E-state index contributed by atoms with van der Waals surface area (Å²) in [6.45, 7) is 1.93. The Hall–Kier alpha value is -3.40. The zero-order valence-electron chi connectivity index (χ0n) is 18.5. The molecular formula is C26H27NO5. The summed E-state index contributed by atoms with van der Waals surface area (Å²) in [4.78, 5) is 12.9. The molecule has 0 spiro atoms. The third kappa shape index (κ3) is 3.81. The van der Waals surface area contributed by atoms with Crippen LogP contribution in [-0.4, -0.2) is 45.1 Å². The van der Waals surface area contributed by atoms with E-state index in [2.05, 4.69) is 6.07 Å². The number of hydrogen-bond acceptors (Lipinski definition) is 5. The summed E-state index contributed by atoms with van der Waals surface area (Å²) in [5.41, 5.74) is -1.95. The molecule has 0 unspecified atom stereocenters. The number of hydrogen-bond donors (Lipinski definition) is 1. The fourth-order valence-corrected chi connectivity index (χ4v) is 4.30. The Morgan fingerprint density at radius 1 is 0.969 bits per heavy atom. The average Bonchev–Trinajstić information content (AvgIpc) is 2.83. The van der Waals surface area contributed by atoms with Gasteiger partial charge in [-0.25, -0.2) is 0 Å². The molecule has 3 aromatic carbocycles. The van der Waals surface area contributed by atoms with E-state index in [1.165, 1.54) is 14.2 Å². The molecule has 166 valence electrons. The Bertz CT molecular complexity index is 1130. The smallest absolute Gasteiger partial charge is 0.327 e. The number of rotatable bonds is 10. The van der Waals surface area contributed by atoms with Crippen molar-refractivity contribution in [3.05, 3.63) is 77.9 Å². The number of carbonyl (C=O) groups is 1. The van der Waals surface area contributed by atoms with Gasteiger partial charge >= 0.3 is 5.97 Å². The average molecular weight is 434 g/mol. The molecule has 0 heterocycles. The van der Waals surface area contributed by atoms with E-state index in [4.69, 9.17) is 14.2 Å². The third-order valence-electron chi connectivity index (χ3n) is 6.13. The summed E-state index contributed by atoms with van der Waals surface area (Å²) >= 11 is 0. The van der Waals surface area contributed by atoms with Crippen LogP contribution in [0.3, 0.4) is 0 Å². The van der Waals surface area contributed by atoms with Crippen LogP contribution in [-0.2, 0) is 19.7 Å².